The van der Waals surface area contributed by atoms with Gasteiger partial charge in [0, 0.05) is 0 Å². The van der Waals surface area contributed by atoms with Gasteiger partial charge in [-0.1, -0.05) is 0 Å². The van der Waals surface area contributed by atoms with E-state index in [-0.39, 0.29) is 29.3 Å². The van der Waals surface area contributed by atoms with Crippen LogP contribution in [-0.4, -0.2) is 37.6 Å². The summed E-state index contributed by atoms with van der Waals surface area (Å²) >= 11 is 0. The molecule has 2 rings (SSSR count). The molecule has 9 nitrogen and oxygen atoms in total. The number of nitrogens with one attached hydrogen (secondary N) is 1. The summed E-state index contributed by atoms with van der Waals surface area (Å²) in [6, 6.07) is 7.48. The summed E-state index contributed by atoms with van der Waals surface area (Å²) in [5.41, 5.74) is 0.371. The lowest BCUT2D eigenvalue weighted by Gasteiger charge is -2.07. The lowest BCUT2D eigenvalue weighted by molar-refractivity contribution is 0.336. The van der Waals surface area contributed by atoms with Crippen molar-refractivity contribution in [2.24, 2.45) is 0 Å². The van der Waals surface area contributed by atoms with Gasteiger partial charge in [0.15, 0.2) is 5.82 Å². The number of sulfonamides is 1. The zero-order valence-electron chi connectivity index (χ0n) is 12.3. The summed E-state index contributed by atoms with van der Waals surface area (Å²) in [7, 11) is -1.02. The smallest absolute Gasteiger partial charge is 0.322 e. The van der Waals surface area contributed by atoms with E-state index in [4.69, 9.17) is 14.7 Å². The minimum atomic E-state index is -3.76. The molecular weight excluding hydrogens is 322 g/mol. The summed E-state index contributed by atoms with van der Waals surface area (Å²) in [5, 5.41) is 8.72. The normalized spacial score (nSPS) is 10.8. The number of ether oxygens (including phenoxy) is 2. The first kappa shape index (κ1) is 16.6. The van der Waals surface area contributed by atoms with Gasteiger partial charge in [-0.25, -0.2) is 13.1 Å². The SMILES string of the molecule is COc1nc(CNS(=O)(=O)c2ccc(C#N)cc2)nc(OC)n1. The fraction of sp³-hybridized carbons (Fsp3) is 0.231. The van der Waals surface area contributed by atoms with Crippen molar-refractivity contribution < 1.29 is 17.9 Å². The number of methoxy groups -OCH3 is 2. The number of aromatic nitrogens is 3. The Labute approximate surface area is 133 Å². The van der Waals surface area contributed by atoms with E-state index in [0.717, 1.165) is 0 Å². The maximum Gasteiger partial charge on any atom is 0.322 e. The molecular formula is C13H13N5O4S. The van der Waals surface area contributed by atoms with Crippen molar-refractivity contribution in [3.8, 4) is 18.1 Å². The van der Waals surface area contributed by atoms with Gasteiger partial charge in [0.25, 0.3) is 0 Å². The zero-order chi connectivity index (χ0) is 16.9. The second-order valence-corrected chi connectivity index (χ2v) is 5.95. The van der Waals surface area contributed by atoms with Crippen LogP contribution in [0, 0.1) is 11.3 Å². The Bertz CT molecular complexity index is 808. The van der Waals surface area contributed by atoms with E-state index in [0.29, 0.717) is 5.56 Å². The average Bonchev–Trinajstić information content (AvgIpc) is 2.59. The van der Waals surface area contributed by atoms with Crippen LogP contribution < -0.4 is 14.2 Å². The molecule has 0 amide bonds. The first-order valence-electron chi connectivity index (χ1n) is 6.31. The molecule has 0 saturated heterocycles. The molecule has 1 N–H and O–H groups in total. The molecule has 120 valence electrons. The van der Waals surface area contributed by atoms with Crippen LogP contribution in [0.3, 0.4) is 0 Å². The molecule has 0 fully saturated rings. The van der Waals surface area contributed by atoms with Crippen LogP contribution in [0.15, 0.2) is 29.2 Å². The van der Waals surface area contributed by atoms with Crippen molar-refractivity contribution in [1.29, 1.82) is 5.26 Å². The quantitative estimate of drug-likeness (QED) is 0.795. The number of nitrogens with zero attached hydrogens (tertiary/aromatic N) is 4. The Kier molecular flexibility index (Phi) is 5.05. The molecule has 0 saturated carbocycles. The molecule has 2 aromatic rings. The van der Waals surface area contributed by atoms with Gasteiger partial charge in [-0.15, -0.1) is 4.98 Å². The summed E-state index contributed by atoms with van der Waals surface area (Å²) in [5.74, 6) is 0.144. The van der Waals surface area contributed by atoms with Crippen LogP contribution in [0.1, 0.15) is 11.4 Å². The van der Waals surface area contributed by atoms with Gasteiger partial charge in [-0.3, -0.25) is 0 Å². The van der Waals surface area contributed by atoms with Crippen molar-refractivity contribution in [3.05, 3.63) is 35.7 Å². The van der Waals surface area contributed by atoms with Crippen molar-refractivity contribution in [1.82, 2.24) is 19.7 Å². The van der Waals surface area contributed by atoms with Gasteiger partial charge in [0.1, 0.15) is 0 Å². The first-order chi connectivity index (χ1) is 11.0. The monoisotopic (exact) mass is 335 g/mol. The highest BCUT2D eigenvalue weighted by molar-refractivity contribution is 7.89. The number of nitriles is 1. The molecule has 1 heterocycles. The molecule has 0 atom stereocenters. The average molecular weight is 335 g/mol. The summed E-state index contributed by atoms with van der Waals surface area (Å²) in [6.45, 7) is -0.169. The van der Waals surface area contributed by atoms with E-state index < -0.39 is 10.0 Å². The number of rotatable bonds is 6. The van der Waals surface area contributed by atoms with Crippen LogP contribution in [0.25, 0.3) is 0 Å². The fourth-order valence-electron chi connectivity index (χ4n) is 1.59. The lowest BCUT2D eigenvalue weighted by Crippen LogP contribution is -2.24. The molecule has 0 spiro atoms. The largest absolute Gasteiger partial charge is 0.467 e. The van der Waals surface area contributed by atoms with Crippen LogP contribution in [0.5, 0.6) is 12.0 Å². The van der Waals surface area contributed by atoms with Crippen LogP contribution in [-0.2, 0) is 16.6 Å². The molecule has 0 aliphatic carbocycles. The second kappa shape index (κ2) is 6.99. The molecule has 0 bridgehead atoms. The predicted octanol–water partition coefficient (Wildman–Crippen LogP) is 0.239. The number of hydrogen-bond donors (Lipinski definition) is 1. The van der Waals surface area contributed by atoms with E-state index in [1.54, 1.807) is 0 Å². The van der Waals surface area contributed by atoms with Gasteiger partial charge < -0.3 is 9.47 Å². The Morgan fingerprint density at radius 1 is 1.09 bits per heavy atom. The van der Waals surface area contributed by atoms with Gasteiger partial charge in [-0.05, 0) is 24.3 Å². The Morgan fingerprint density at radius 3 is 2.13 bits per heavy atom. The van der Waals surface area contributed by atoms with E-state index in [9.17, 15) is 8.42 Å². The van der Waals surface area contributed by atoms with Crippen molar-refractivity contribution in [3.63, 3.8) is 0 Å². The predicted molar refractivity (Wildman–Crippen MR) is 78.1 cm³/mol. The van der Waals surface area contributed by atoms with E-state index in [1.165, 1.54) is 38.5 Å². The van der Waals surface area contributed by atoms with Crippen molar-refractivity contribution in [2.45, 2.75) is 11.4 Å². The minimum absolute atomic E-state index is 0.0180. The molecule has 1 aromatic heterocycles. The third kappa shape index (κ3) is 4.12. The second-order valence-electron chi connectivity index (χ2n) is 4.19. The molecule has 23 heavy (non-hydrogen) atoms. The van der Waals surface area contributed by atoms with Crippen molar-refractivity contribution >= 4 is 10.0 Å². The van der Waals surface area contributed by atoms with Crippen LogP contribution in [0.2, 0.25) is 0 Å². The van der Waals surface area contributed by atoms with E-state index in [1.807, 2.05) is 6.07 Å². The molecule has 0 aliphatic rings. The molecule has 0 radical (unpaired) electrons. The van der Waals surface area contributed by atoms with Gasteiger partial charge in [0.05, 0.1) is 37.3 Å². The van der Waals surface area contributed by atoms with Gasteiger partial charge >= 0.3 is 12.0 Å². The number of hydrogen-bond acceptors (Lipinski definition) is 8. The Balaban J connectivity index is 2.17. The zero-order valence-corrected chi connectivity index (χ0v) is 13.2. The van der Waals surface area contributed by atoms with Crippen LogP contribution in [0.4, 0.5) is 0 Å². The molecule has 1 aromatic carbocycles. The molecule has 0 aliphatic heterocycles. The first-order valence-corrected chi connectivity index (χ1v) is 7.79. The van der Waals surface area contributed by atoms with E-state index >= 15 is 0 Å². The maximum absolute atomic E-state index is 12.2. The topological polar surface area (TPSA) is 127 Å². The standard InChI is InChI=1S/C13H13N5O4S/c1-21-12-16-11(17-13(18-12)22-2)8-15-23(19,20)10-5-3-9(7-14)4-6-10/h3-6,15H,8H2,1-2H3. The third-order valence-corrected chi connectivity index (χ3v) is 4.14. The maximum atomic E-state index is 12.2. The third-order valence-electron chi connectivity index (χ3n) is 2.72. The highest BCUT2D eigenvalue weighted by atomic mass is 32.2. The summed E-state index contributed by atoms with van der Waals surface area (Å²) < 4.78 is 36.5. The van der Waals surface area contributed by atoms with Crippen LogP contribution >= 0.6 is 0 Å². The lowest BCUT2D eigenvalue weighted by atomic mass is 10.2. The Hall–Kier alpha value is -2.77. The van der Waals surface area contributed by atoms with Gasteiger partial charge in [-0.2, -0.15) is 15.2 Å². The summed E-state index contributed by atoms with van der Waals surface area (Å²) in [6.07, 6.45) is 0. The highest BCUT2D eigenvalue weighted by Gasteiger charge is 2.15. The summed E-state index contributed by atoms with van der Waals surface area (Å²) in [4.78, 5) is 11.7. The Morgan fingerprint density at radius 2 is 1.65 bits per heavy atom. The molecule has 10 heteroatoms. The number of benzene rings is 1. The van der Waals surface area contributed by atoms with E-state index in [2.05, 4.69) is 19.7 Å². The van der Waals surface area contributed by atoms with Crippen molar-refractivity contribution in [2.75, 3.05) is 14.2 Å². The van der Waals surface area contributed by atoms with Gasteiger partial charge in [0.2, 0.25) is 10.0 Å². The molecule has 0 unspecified atom stereocenters. The highest BCUT2D eigenvalue weighted by Crippen LogP contribution is 2.12. The minimum Gasteiger partial charge on any atom is -0.467 e. The fourth-order valence-corrected chi connectivity index (χ4v) is 2.57.